The number of hydrogen-bond donors (Lipinski definition) is 2. The molecule has 1 aromatic carbocycles. The minimum absolute atomic E-state index is 0.177. The van der Waals surface area contributed by atoms with E-state index in [1.165, 1.54) is 30.2 Å². The number of benzene rings is 1. The van der Waals surface area contributed by atoms with E-state index in [0.29, 0.717) is 15.6 Å². The molecule has 0 saturated heterocycles. The lowest BCUT2D eigenvalue weighted by Gasteiger charge is -2.08. The summed E-state index contributed by atoms with van der Waals surface area (Å²) in [4.78, 5) is 23.7. The van der Waals surface area contributed by atoms with Gasteiger partial charge in [0, 0.05) is 6.54 Å². The zero-order valence-electron chi connectivity index (χ0n) is 12.7. The molecule has 2 aromatic rings. The van der Waals surface area contributed by atoms with Crippen LogP contribution in [0.3, 0.4) is 0 Å². The van der Waals surface area contributed by atoms with Gasteiger partial charge in [-0.3, -0.25) is 4.79 Å². The molecule has 0 fully saturated rings. The van der Waals surface area contributed by atoms with E-state index in [-0.39, 0.29) is 11.7 Å². The minimum Gasteiger partial charge on any atom is -0.465 e. The van der Waals surface area contributed by atoms with Crippen molar-refractivity contribution >= 4 is 45.8 Å². The van der Waals surface area contributed by atoms with Crippen LogP contribution in [0, 0.1) is 0 Å². The van der Waals surface area contributed by atoms with Crippen LogP contribution in [-0.2, 0) is 9.53 Å². The van der Waals surface area contributed by atoms with Crippen molar-refractivity contribution in [2.24, 2.45) is 0 Å². The van der Waals surface area contributed by atoms with Gasteiger partial charge in [-0.2, -0.15) is 0 Å². The highest BCUT2D eigenvalue weighted by Gasteiger charge is 2.14. The number of ether oxygens (including phenoxy) is 1. The van der Waals surface area contributed by atoms with E-state index in [2.05, 4.69) is 20.8 Å². The van der Waals surface area contributed by atoms with Crippen LogP contribution in [0.4, 0.5) is 10.8 Å². The molecule has 122 valence electrons. The second-order valence-corrected chi connectivity index (χ2v) is 6.48. The van der Waals surface area contributed by atoms with Crippen molar-refractivity contribution in [3.8, 4) is 0 Å². The zero-order valence-corrected chi connectivity index (χ0v) is 14.3. The van der Waals surface area contributed by atoms with Gasteiger partial charge in [-0.1, -0.05) is 35.2 Å². The summed E-state index contributed by atoms with van der Waals surface area (Å²) < 4.78 is 5.40. The number of para-hydroxylation sites is 1. The molecule has 0 saturated carbocycles. The quantitative estimate of drug-likeness (QED) is 0.584. The largest absolute Gasteiger partial charge is 0.465 e. The Morgan fingerprint density at radius 2 is 2.09 bits per heavy atom. The molecule has 0 aliphatic rings. The van der Waals surface area contributed by atoms with E-state index < -0.39 is 5.97 Å². The van der Waals surface area contributed by atoms with Crippen LogP contribution in [0.2, 0.25) is 0 Å². The lowest BCUT2D eigenvalue weighted by atomic mass is 10.2. The molecule has 7 nitrogen and oxygen atoms in total. The molecule has 0 spiro atoms. The number of aromatic nitrogens is 2. The van der Waals surface area contributed by atoms with Crippen molar-refractivity contribution in [2.75, 3.05) is 30.0 Å². The van der Waals surface area contributed by atoms with Crippen LogP contribution >= 0.6 is 23.1 Å². The first kappa shape index (κ1) is 17.2. The number of thioether (sulfide) groups is 1. The monoisotopic (exact) mass is 352 g/mol. The molecular formula is C14H16N4O3S2. The molecule has 0 aliphatic heterocycles. The molecule has 0 aliphatic carbocycles. The highest BCUT2D eigenvalue weighted by atomic mass is 32.2. The highest BCUT2D eigenvalue weighted by molar-refractivity contribution is 8.01. The zero-order chi connectivity index (χ0) is 16.7. The lowest BCUT2D eigenvalue weighted by Crippen LogP contribution is -2.17. The van der Waals surface area contributed by atoms with Crippen molar-refractivity contribution in [1.29, 1.82) is 0 Å². The van der Waals surface area contributed by atoms with E-state index >= 15 is 0 Å². The maximum atomic E-state index is 12.0. The topological polar surface area (TPSA) is 93.2 Å². The Balaban J connectivity index is 1.93. The Hall–Kier alpha value is -2.13. The smallest absolute Gasteiger partial charge is 0.339 e. The van der Waals surface area contributed by atoms with Crippen LogP contribution in [-0.4, -0.2) is 41.5 Å². The maximum absolute atomic E-state index is 12.0. The number of nitrogens with zero attached hydrogens (tertiary/aromatic N) is 2. The van der Waals surface area contributed by atoms with Crippen LogP contribution in [0.1, 0.15) is 17.3 Å². The molecule has 9 heteroatoms. The number of carbonyl (C=O) groups excluding carboxylic acids is 2. The molecule has 2 N–H and O–H groups in total. The Bertz CT molecular complexity index is 690. The summed E-state index contributed by atoms with van der Waals surface area (Å²) in [6.45, 7) is 2.74. The fraction of sp³-hybridized carbons (Fsp3) is 0.286. The summed E-state index contributed by atoms with van der Waals surface area (Å²) in [5, 5.41) is 14.4. The van der Waals surface area contributed by atoms with Crippen molar-refractivity contribution < 1.29 is 14.3 Å². The molecule has 1 aromatic heterocycles. The molecule has 1 heterocycles. The second kappa shape index (κ2) is 8.49. The third kappa shape index (κ3) is 4.93. The van der Waals surface area contributed by atoms with Crippen LogP contribution in [0.25, 0.3) is 0 Å². The number of rotatable bonds is 7. The third-order valence-electron chi connectivity index (χ3n) is 2.67. The molecule has 0 bridgehead atoms. The number of nitrogens with one attached hydrogen (secondary N) is 2. The lowest BCUT2D eigenvalue weighted by molar-refractivity contribution is -0.113. The van der Waals surface area contributed by atoms with Crippen LogP contribution in [0.15, 0.2) is 28.6 Å². The standard InChI is InChI=1S/C14H16N4O3S2/c1-3-15-13-17-18-14(23-13)22-8-11(19)16-10-7-5-4-6-9(10)12(20)21-2/h4-7H,3,8H2,1-2H3,(H,15,17)(H,16,19). The summed E-state index contributed by atoms with van der Waals surface area (Å²) in [5.74, 6) is -0.546. The maximum Gasteiger partial charge on any atom is 0.339 e. The van der Waals surface area contributed by atoms with Gasteiger partial charge < -0.3 is 15.4 Å². The van der Waals surface area contributed by atoms with Crippen molar-refractivity contribution in [2.45, 2.75) is 11.3 Å². The Morgan fingerprint density at radius 3 is 2.83 bits per heavy atom. The van der Waals surface area contributed by atoms with Gasteiger partial charge >= 0.3 is 5.97 Å². The van der Waals surface area contributed by atoms with Crippen LogP contribution in [0.5, 0.6) is 0 Å². The fourth-order valence-corrected chi connectivity index (χ4v) is 3.30. The number of hydrogen-bond acceptors (Lipinski definition) is 8. The van der Waals surface area contributed by atoms with Gasteiger partial charge in [-0.25, -0.2) is 4.79 Å². The first-order chi connectivity index (χ1) is 11.1. The summed E-state index contributed by atoms with van der Waals surface area (Å²) in [5.41, 5.74) is 0.745. The normalized spacial score (nSPS) is 10.2. The Kier molecular flexibility index (Phi) is 6.36. The average Bonchev–Trinajstić information content (AvgIpc) is 3.01. The summed E-state index contributed by atoms with van der Waals surface area (Å²) in [6.07, 6.45) is 0. The first-order valence-electron chi connectivity index (χ1n) is 6.81. The second-order valence-electron chi connectivity index (χ2n) is 4.28. The van der Waals surface area contributed by atoms with Gasteiger partial charge in [0.2, 0.25) is 11.0 Å². The first-order valence-corrected chi connectivity index (χ1v) is 8.61. The van der Waals surface area contributed by atoms with Gasteiger partial charge in [-0.15, -0.1) is 10.2 Å². The minimum atomic E-state index is -0.493. The predicted octanol–water partition coefficient (Wildman–Crippen LogP) is 2.49. The van der Waals surface area contributed by atoms with E-state index in [9.17, 15) is 9.59 Å². The number of esters is 1. The molecule has 2 rings (SSSR count). The van der Waals surface area contributed by atoms with Gasteiger partial charge in [0.25, 0.3) is 0 Å². The molecule has 0 atom stereocenters. The number of carbonyl (C=O) groups is 2. The number of amides is 1. The van der Waals surface area contributed by atoms with Crippen molar-refractivity contribution in [3.05, 3.63) is 29.8 Å². The summed E-state index contributed by atoms with van der Waals surface area (Å²) in [7, 11) is 1.30. The summed E-state index contributed by atoms with van der Waals surface area (Å²) >= 11 is 2.68. The molecule has 1 amide bonds. The van der Waals surface area contributed by atoms with E-state index in [1.807, 2.05) is 6.92 Å². The molecule has 0 radical (unpaired) electrons. The van der Waals surface area contributed by atoms with Crippen molar-refractivity contribution in [1.82, 2.24) is 10.2 Å². The number of anilines is 2. The van der Waals surface area contributed by atoms with Gasteiger partial charge in [0.15, 0.2) is 4.34 Å². The van der Waals surface area contributed by atoms with E-state index in [4.69, 9.17) is 4.74 Å². The fourth-order valence-electron chi connectivity index (χ4n) is 1.68. The summed E-state index contributed by atoms with van der Waals surface area (Å²) in [6, 6.07) is 6.70. The highest BCUT2D eigenvalue weighted by Crippen LogP contribution is 2.25. The Morgan fingerprint density at radius 1 is 1.30 bits per heavy atom. The van der Waals surface area contributed by atoms with Crippen molar-refractivity contribution in [3.63, 3.8) is 0 Å². The van der Waals surface area contributed by atoms with Gasteiger partial charge in [0.05, 0.1) is 24.1 Å². The average molecular weight is 352 g/mol. The Labute approximate surface area is 141 Å². The predicted molar refractivity (Wildman–Crippen MR) is 91.2 cm³/mol. The number of methoxy groups -OCH3 is 1. The third-order valence-corrected chi connectivity index (χ3v) is 4.68. The SMILES string of the molecule is CCNc1nnc(SCC(=O)Nc2ccccc2C(=O)OC)s1. The molecule has 23 heavy (non-hydrogen) atoms. The molecular weight excluding hydrogens is 336 g/mol. The van der Waals surface area contributed by atoms with Crippen LogP contribution < -0.4 is 10.6 Å². The van der Waals surface area contributed by atoms with Gasteiger partial charge in [0.1, 0.15) is 0 Å². The van der Waals surface area contributed by atoms with E-state index in [1.54, 1.807) is 24.3 Å². The van der Waals surface area contributed by atoms with Gasteiger partial charge in [-0.05, 0) is 19.1 Å². The molecule has 0 unspecified atom stereocenters. The van der Waals surface area contributed by atoms with E-state index in [0.717, 1.165) is 11.7 Å².